The number of rotatable bonds is 2. The first-order chi connectivity index (χ1) is 15.6. The van der Waals surface area contributed by atoms with Crippen molar-refractivity contribution in [1.82, 2.24) is 14.5 Å². The lowest BCUT2D eigenvalue weighted by molar-refractivity contribution is 0.568. The lowest BCUT2D eigenvalue weighted by Crippen LogP contribution is -2.14. The standard InChI is InChI=1S/C30H31N3/c1-29(2,3)22-16-21(18-31-19-22)20-14-15-26-24(17-20)23-10-7-8-11-25(23)33(26)28-13-9-12-27(32-28)30(4,5)6/h7-19H,1-6H3. The predicted molar refractivity (Wildman–Crippen MR) is 139 cm³/mol. The molecule has 3 heteroatoms. The maximum atomic E-state index is 5.06. The summed E-state index contributed by atoms with van der Waals surface area (Å²) in [5.74, 6) is 0.956. The molecule has 0 radical (unpaired) electrons. The van der Waals surface area contributed by atoms with Gasteiger partial charge in [0.25, 0.3) is 0 Å². The van der Waals surface area contributed by atoms with E-state index in [1.807, 2.05) is 12.4 Å². The Morgan fingerprint density at radius 3 is 2.15 bits per heavy atom. The molecule has 0 spiro atoms. The second-order valence-corrected chi connectivity index (χ2v) is 10.9. The molecular formula is C30H31N3. The van der Waals surface area contributed by atoms with Gasteiger partial charge in [0.15, 0.2) is 0 Å². The molecule has 3 heterocycles. The molecule has 0 fully saturated rings. The summed E-state index contributed by atoms with van der Waals surface area (Å²) in [6, 6.07) is 23.9. The molecule has 0 atom stereocenters. The minimum absolute atomic E-state index is 0.00693. The van der Waals surface area contributed by atoms with Crippen molar-refractivity contribution in [3.63, 3.8) is 0 Å². The van der Waals surface area contributed by atoms with Gasteiger partial charge in [0.2, 0.25) is 0 Å². The molecule has 5 aromatic rings. The first-order valence-corrected chi connectivity index (χ1v) is 11.6. The van der Waals surface area contributed by atoms with Gasteiger partial charge >= 0.3 is 0 Å². The van der Waals surface area contributed by atoms with Crippen LogP contribution in [-0.4, -0.2) is 14.5 Å². The number of nitrogens with zero attached hydrogens (tertiary/aromatic N) is 3. The van der Waals surface area contributed by atoms with Gasteiger partial charge in [-0.3, -0.25) is 9.55 Å². The predicted octanol–water partition coefficient (Wildman–Crippen LogP) is 7.84. The van der Waals surface area contributed by atoms with Crippen LogP contribution in [0.5, 0.6) is 0 Å². The molecule has 2 aromatic carbocycles. The van der Waals surface area contributed by atoms with Gasteiger partial charge in [-0.05, 0) is 52.9 Å². The topological polar surface area (TPSA) is 30.7 Å². The van der Waals surface area contributed by atoms with E-state index in [-0.39, 0.29) is 10.8 Å². The van der Waals surface area contributed by atoms with Crippen molar-refractivity contribution >= 4 is 21.8 Å². The lowest BCUT2D eigenvalue weighted by Gasteiger charge is -2.19. The molecule has 5 rings (SSSR count). The molecule has 33 heavy (non-hydrogen) atoms. The molecule has 0 aliphatic rings. The first-order valence-electron chi connectivity index (χ1n) is 11.6. The van der Waals surface area contributed by atoms with Crippen LogP contribution in [-0.2, 0) is 10.8 Å². The number of benzene rings is 2. The first kappa shape index (κ1) is 21.4. The van der Waals surface area contributed by atoms with Gasteiger partial charge < -0.3 is 0 Å². The van der Waals surface area contributed by atoms with Crippen LogP contribution in [0.2, 0.25) is 0 Å². The Kier molecular flexibility index (Phi) is 4.89. The summed E-state index contributed by atoms with van der Waals surface area (Å²) in [6.07, 6.45) is 3.94. The van der Waals surface area contributed by atoms with Crippen molar-refractivity contribution < 1.29 is 0 Å². The fourth-order valence-corrected chi connectivity index (χ4v) is 4.37. The monoisotopic (exact) mass is 433 g/mol. The largest absolute Gasteiger partial charge is 0.294 e. The smallest absolute Gasteiger partial charge is 0.137 e. The van der Waals surface area contributed by atoms with Crippen molar-refractivity contribution in [3.05, 3.63) is 90.4 Å². The summed E-state index contributed by atoms with van der Waals surface area (Å²) < 4.78 is 2.29. The molecule has 0 saturated carbocycles. The minimum atomic E-state index is -0.00693. The molecule has 0 unspecified atom stereocenters. The van der Waals surface area contributed by atoms with Crippen LogP contribution in [0, 0.1) is 0 Å². The highest BCUT2D eigenvalue weighted by atomic mass is 15.1. The van der Waals surface area contributed by atoms with Gasteiger partial charge in [-0.1, -0.05) is 71.9 Å². The van der Waals surface area contributed by atoms with Crippen LogP contribution in [0.15, 0.2) is 79.1 Å². The van der Waals surface area contributed by atoms with E-state index >= 15 is 0 Å². The summed E-state index contributed by atoms with van der Waals surface area (Å²) in [5, 5.41) is 2.46. The average Bonchev–Trinajstić information content (AvgIpc) is 3.12. The fraction of sp³-hybridized carbons (Fsp3) is 0.267. The van der Waals surface area contributed by atoms with Crippen LogP contribution in [0.3, 0.4) is 0 Å². The van der Waals surface area contributed by atoms with E-state index in [0.717, 1.165) is 17.1 Å². The highest BCUT2D eigenvalue weighted by Crippen LogP contribution is 2.35. The van der Waals surface area contributed by atoms with E-state index in [2.05, 4.69) is 118 Å². The molecule has 0 amide bonds. The van der Waals surface area contributed by atoms with Crippen molar-refractivity contribution in [2.24, 2.45) is 0 Å². The van der Waals surface area contributed by atoms with Crippen molar-refractivity contribution in [1.29, 1.82) is 0 Å². The van der Waals surface area contributed by atoms with E-state index < -0.39 is 0 Å². The molecule has 0 saturated heterocycles. The zero-order valence-corrected chi connectivity index (χ0v) is 20.3. The second-order valence-electron chi connectivity index (χ2n) is 10.9. The Morgan fingerprint density at radius 2 is 1.39 bits per heavy atom. The van der Waals surface area contributed by atoms with E-state index in [4.69, 9.17) is 4.98 Å². The molecule has 0 aliphatic carbocycles. The SMILES string of the molecule is CC(C)(C)c1cncc(-c2ccc3c(c2)c2ccccc2n3-c2cccc(C(C)(C)C)n2)c1. The molecule has 0 aliphatic heterocycles. The van der Waals surface area contributed by atoms with Crippen molar-refractivity contribution in [2.45, 2.75) is 52.4 Å². The second kappa shape index (κ2) is 7.55. The summed E-state index contributed by atoms with van der Waals surface area (Å²) in [4.78, 5) is 9.60. The van der Waals surface area contributed by atoms with E-state index in [0.29, 0.717) is 0 Å². The molecular weight excluding hydrogens is 402 g/mol. The zero-order chi connectivity index (χ0) is 23.4. The Labute approximate surface area is 196 Å². The zero-order valence-electron chi connectivity index (χ0n) is 20.3. The highest BCUT2D eigenvalue weighted by molar-refractivity contribution is 6.10. The summed E-state index contributed by atoms with van der Waals surface area (Å²) in [6.45, 7) is 13.3. The third kappa shape index (κ3) is 3.82. The molecule has 3 aromatic heterocycles. The number of pyridine rings is 2. The lowest BCUT2D eigenvalue weighted by atomic mass is 9.87. The van der Waals surface area contributed by atoms with Crippen LogP contribution >= 0.6 is 0 Å². The Balaban J connectivity index is 1.74. The third-order valence-corrected chi connectivity index (χ3v) is 6.34. The quantitative estimate of drug-likeness (QED) is 0.284. The van der Waals surface area contributed by atoms with Crippen molar-refractivity contribution in [3.8, 4) is 16.9 Å². The van der Waals surface area contributed by atoms with Gasteiger partial charge in [0.1, 0.15) is 5.82 Å². The summed E-state index contributed by atoms with van der Waals surface area (Å²) in [7, 11) is 0. The Hall–Kier alpha value is -3.46. The van der Waals surface area contributed by atoms with E-state index in [1.165, 1.54) is 32.9 Å². The van der Waals surface area contributed by atoms with Gasteiger partial charge in [-0.15, -0.1) is 0 Å². The number of hydrogen-bond donors (Lipinski definition) is 0. The summed E-state index contributed by atoms with van der Waals surface area (Å²) in [5.41, 5.74) is 7.05. The number of para-hydroxylation sites is 1. The number of fused-ring (bicyclic) bond motifs is 3. The molecule has 3 nitrogen and oxygen atoms in total. The van der Waals surface area contributed by atoms with Gasteiger partial charge in [-0.2, -0.15) is 0 Å². The summed E-state index contributed by atoms with van der Waals surface area (Å²) >= 11 is 0. The van der Waals surface area contributed by atoms with Crippen LogP contribution in [0.25, 0.3) is 38.8 Å². The van der Waals surface area contributed by atoms with Gasteiger partial charge in [0, 0.05) is 39.8 Å². The van der Waals surface area contributed by atoms with Gasteiger partial charge in [-0.25, -0.2) is 4.98 Å². The Morgan fingerprint density at radius 1 is 0.636 bits per heavy atom. The average molecular weight is 434 g/mol. The molecule has 0 N–H and O–H groups in total. The fourth-order valence-electron chi connectivity index (χ4n) is 4.37. The third-order valence-electron chi connectivity index (χ3n) is 6.34. The van der Waals surface area contributed by atoms with Crippen LogP contribution in [0.4, 0.5) is 0 Å². The number of hydrogen-bond acceptors (Lipinski definition) is 2. The normalized spacial score (nSPS) is 12.5. The highest BCUT2D eigenvalue weighted by Gasteiger charge is 2.19. The van der Waals surface area contributed by atoms with Crippen molar-refractivity contribution in [2.75, 3.05) is 0 Å². The van der Waals surface area contributed by atoms with E-state index in [1.54, 1.807) is 0 Å². The van der Waals surface area contributed by atoms with Gasteiger partial charge in [0.05, 0.1) is 11.0 Å². The Bertz CT molecular complexity index is 1480. The van der Waals surface area contributed by atoms with E-state index in [9.17, 15) is 0 Å². The minimum Gasteiger partial charge on any atom is -0.294 e. The molecule has 0 bridgehead atoms. The maximum Gasteiger partial charge on any atom is 0.137 e. The van der Waals surface area contributed by atoms with Crippen LogP contribution in [0.1, 0.15) is 52.8 Å². The maximum absolute atomic E-state index is 5.06. The van der Waals surface area contributed by atoms with Crippen LogP contribution < -0.4 is 0 Å². The molecule has 166 valence electrons. The number of aromatic nitrogens is 3.